The number of esters is 1. The van der Waals surface area contributed by atoms with Crippen molar-refractivity contribution in [2.75, 3.05) is 12.3 Å². The summed E-state index contributed by atoms with van der Waals surface area (Å²) in [5.41, 5.74) is 7.31. The van der Waals surface area contributed by atoms with Crippen LogP contribution in [-0.2, 0) is 11.2 Å². The molecule has 0 radical (unpaired) electrons. The molecule has 106 valence electrons. The van der Waals surface area contributed by atoms with Crippen LogP contribution in [0, 0.1) is 0 Å². The van der Waals surface area contributed by atoms with Gasteiger partial charge in [-0.25, -0.2) is 4.79 Å². The smallest absolute Gasteiger partial charge is 0.340 e. The molecule has 1 aromatic carbocycles. The van der Waals surface area contributed by atoms with E-state index < -0.39 is 11.6 Å². The van der Waals surface area contributed by atoms with Gasteiger partial charge in [0.1, 0.15) is 5.60 Å². The fourth-order valence-electron chi connectivity index (χ4n) is 1.77. The minimum absolute atomic E-state index is 0.172. The number of nitrogens with two attached hydrogens (primary N) is 1. The molecule has 0 saturated heterocycles. The van der Waals surface area contributed by atoms with Crippen molar-refractivity contribution < 1.29 is 14.6 Å². The van der Waals surface area contributed by atoms with E-state index >= 15 is 0 Å². The Balaban J connectivity index is 2.85. The number of rotatable bonds is 5. The Morgan fingerprint density at radius 2 is 2.00 bits per heavy atom. The monoisotopic (exact) mass is 265 g/mol. The maximum atomic E-state index is 12.0. The molecule has 1 rings (SSSR count). The number of anilines is 1. The number of aliphatic hydroxyl groups excluding tert-OH is 1. The second kappa shape index (κ2) is 6.57. The number of hydrogen-bond acceptors (Lipinski definition) is 4. The average Bonchev–Trinajstić information content (AvgIpc) is 2.29. The molecule has 0 spiro atoms. The largest absolute Gasteiger partial charge is 0.456 e. The van der Waals surface area contributed by atoms with Crippen LogP contribution in [0.25, 0.3) is 0 Å². The highest BCUT2D eigenvalue weighted by Gasteiger charge is 2.20. The summed E-state index contributed by atoms with van der Waals surface area (Å²) in [7, 11) is 0. The van der Waals surface area contributed by atoms with Crippen molar-refractivity contribution in [3.8, 4) is 0 Å². The van der Waals surface area contributed by atoms with Crippen molar-refractivity contribution in [3.05, 3.63) is 29.3 Å². The molecule has 0 amide bonds. The lowest BCUT2D eigenvalue weighted by Gasteiger charge is -2.20. The van der Waals surface area contributed by atoms with E-state index in [9.17, 15) is 4.79 Å². The Bertz CT molecular complexity index is 436. The van der Waals surface area contributed by atoms with E-state index in [1.54, 1.807) is 6.07 Å². The fraction of sp³-hybridized carbons (Fsp3) is 0.533. The van der Waals surface area contributed by atoms with Crippen molar-refractivity contribution >= 4 is 11.7 Å². The summed E-state index contributed by atoms with van der Waals surface area (Å²) in [6, 6.07) is 5.39. The molecule has 0 aliphatic rings. The van der Waals surface area contributed by atoms with Gasteiger partial charge >= 0.3 is 5.97 Å². The molecule has 3 N–H and O–H groups in total. The second-order valence-electron chi connectivity index (χ2n) is 5.56. The number of hydrogen-bond donors (Lipinski definition) is 2. The zero-order valence-electron chi connectivity index (χ0n) is 11.9. The van der Waals surface area contributed by atoms with E-state index in [0.29, 0.717) is 11.3 Å². The van der Waals surface area contributed by atoms with Gasteiger partial charge < -0.3 is 15.6 Å². The fourth-order valence-corrected chi connectivity index (χ4v) is 1.77. The first-order valence-corrected chi connectivity index (χ1v) is 6.56. The first-order chi connectivity index (χ1) is 8.85. The van der Waals surface area contributed by atoms with Gasteiger partial charge in [0.25, 0.3) is 0 Å². The van der Waals surface area contributed by atoms with E-state index in [4.69, 9.17) is 15.6 Å². The van der Waals surface area contributed by atoms with Crippen molar-refractivity contribution in [3.63, 3.8) is 0 Å². The minimum atomic E-state index is -0.531. The van der Waals surface area contributed by atoms with E-state index in [1.165, 1.54) is 0 Å². The van der Waals surface area contributed by atoms with Gasteiger partial charge in [0.2, 0.25) is 0 Å². The number of benzene rings is 1. The molecule has 0 fully saturated rings. The third-order valence-corrected chi connectivity index (χ3v) is 2.67. The zero-order chi connectivity index (χ0) is 14.5. The van der Waals surface area contributed by atoms with Gasteiger partial charge in [-0.05, 0) is 51.7 Å². The molecule has 19 heavy (non-hydrogen) atoms. The Labute approximate surface area is 114 Å². The van der Waals surface area contributed by atoms with Gasteiger partial charge in [0, 0.05) is 12.3 Å². The molecular formula is C15H23NO3. The van der Waals surface area contributed by atoms with E-state index in [1.807, 2.05) is 32.9 Å². The molecule has 0 atom stereocenters. The highest BCUT2D eigenvalue weighted by Crippen LogP contribution is 2.22. The predicted octanol–water partition coefficient (Wildman–Crippen LogP) is 2.54. The second-order valence-corrected chi connectivity index (χ2v) is 5.56. The number of para-hydroxylation sites is 1. The van der Waals surface area contributed by atoms with Gasteiger partial charge in [0.15, 0.2) is 0 Å². The summed E-state index contributed by atoms with van der Waals surface area (Å²) in [5.74, 6) is -0.394. The highest BCUT2D eigenvalue weighted by molar-refractivity contribution is 5.96. The van der Waals surface area contributed by atoms with Crippen LogP contribution in [-0.4, -0.2) is 23.3 Å². The van der Waals surface area contributed by atoms with Crippen LogP contribution in [0.4, 0.5) is 5.69 Å². The standard InChI is InChI=1S/C15H23NO3/c1-15(2,3)19-14(18)12-9-6-8-11(13(12)16)7-4-5-10-17/h6,8-9,17H,4-5,7,10,16H2,1-3H3. The van der Waals surface area contributed by atoms with Gasteiger partial charge in [-0.2, -0.15) is 0 Å². The predicted molar refractivity (Wildman–Crippen MR) is 76.0 cm³/mol. The Kier molecular flexibility index (Phi) is 5.36. The van der Waals surface area contributed by atoms with Crippen LogP contribution in [0.2, 0.25) is 0 Å². The zero-order valence-corrected chi connectivity index (χ0v) is 11.9. The van der Waals surface area contributed by atoms with E-state index in [2.05, 4.69) is 0 Å². The first-order valence-electron chi connectivity index (χ1n) is 6.56. The highest BCUT2D eigenvalue weighted by atomic mass is 16.6. The van der Waals surface area contributed by atoms with E-state index in [-0.39, 0.29) is 6.61 Å². The number of carbonyl (C=O) groups excluding carboxylic acids is 1. The molecule has 0 aliphatic carbocycles. The molecule has 0 saturated carbocycles. The quantitative estimate of drug-likeness (QED) is 0.487. The minimum Gasteiger partial charge on any atom is -0.456 e. The van der Waals surface area contributed by atoms with Crippen molar-refractivity contribution in [2.45, 2.75) is 45.6 Å². The van der Waals surface area contributed by atoms with Gasteiger partial charge in [-0.3, -0.25) is 0 Å². The molecular weight excluding hydrogens is 242 g/mol. The Morgan fingerprint density at radius 3 is 2.58 bits per heavy atom. The third kappa shape index (κ3) is 4.91. The Hall–Kier alpha value is -1.55. The normalized spacial score (nSPS) is 11.4. The number of carbonyl (C=O) groups is 1. The van der Waals surface area contributed by atoms with E-state index in [0.717, 1.165) is 24.8 Å². The average molecular weight is 265 g/mol. The van der Waals surface area contributed by atoms with Crippen LogP contribution < -0.4 is 5.73 Å². The van der Waals surface area contributed by atoms with Crippen molar-refractivity contribution in [2.24, 2.45) is 0 Å². The molecule has 4 heteroatoms. The molecule has 0 bridgehead atoms. The lowest BCUT2D eigenvalue weighted by molar-refractivity contribution is 0.00707. The SMILES string of the molecule is CC(C)(C)OC(=O)c1cccc(CCCCO)c1N. The van der Waals surface area contributed by atoms with Gasteiger partial charge in [0.05, 0.1) is 5.56 Å². The number of nitrogen functional groups attached to an aromatic ring is 1. The molecule has 1 aromatic rings. The summed E-state index contributed by atoms with van der Waals surface area (Å²) in [6.45, 7) is 5.65. The summed E-state index contributed by atoms with van der Waals surface area (Å²) in [6.07, 6.45) is 2.33. The van der Waals surface area contributed by atoms with Crippen molar-refractivity contribution in [1.29, 1.82) is 0 Å². The molecule has 4 nitrogen and oxygen atoms in total. The van der Waals surface area contributed by atoms with Crippen LogP contribution in [0.1, 0.15) is 49.5 Å². The van der Waals surface area contributed by atoms with Gasteiger partial charge in [-0.15, -0.1) is 0 Å². The molecule has 0 unspecified atom stereocenters. The number of aliphatic hydroxyl groups is 1. The Morgan fingerprint density at radius 1 is 1.32 bits per heavy atom. The summed E-state index contributed by atoms with van der Waals surface area (Å²) >= 11 is 0. The van der Waals surface area contributed by atoms with Crippen LogP contribution in [0.3, 0.4) is 0 Å². The van der Waals surface area contributed by atoms with Gasteiger partial charge in [-0.1, -0.05) is 12.1 Å². The number of ether oxygens (including phenoxy) is 1. The van der Waals surface area contributed by atoms with Crippen molar-refractivity contribution in [1.82, 2.24) is 0 Å². The summed E-state index contributed by atoms with van der Waals surface area (Å²) < 4.78 is 5.33. The lowest BCUT2D eigenvalue weighted by atomic mass is 10.0. The molecule has 0 aromatic heterocycles. The van der Waals surface area contributed by atoms with Crippen LogP contribution in [0.15, 0.2) is 18.2 Å². The maximum Gasteiger partial charge on any atom is 0.340 e. The topological polar surface area (TPSA) is 72.5 Å². The van der Waals surface area contributed by atoms with Crippen LogP contribution >= 0.6 is 0 Å². The van der Waals surface area contributed by atoms with Crippen LogP contribution in [0.5, 0.6) is 0 Å². The molecule has 0 heterocycles. The lowest BCUT2D eigenvalue weighted by Crippen LogP contribution is -2.24. The molecule has 0 aliphatic heterocycles. The summed E-state index contributed by atoms with van der Waals surface area (Å²) in [4.78, 5) is 12.0. The summed E-state index contributed by atoms with van der Waals surface area (Å²) in [5, 5.41) is 8.78. The maximum absolute atomic E-state index is 12.0. The first kappa shape index (κ1) is 15.5. The third-order valence-electron chi connectivity index (χ3n) is 2.67. The number of unbranched alkanes of at least 4 members (excludes halogenated alkanes) is 1. The number of aryl methyl sites for hydroxylation is 1.